The molecule has 0 fully saturated rings. The van der Waals surface area contributed by atoms with Crippen molar-refractivity contribution in [3.8, 4) is 5.88 Å². The van der Waals surface area contributed by atoms with Gasteiger partial charge in [-0.25, -0.2) is 0 Å². The highest BCUT2D eigenvalue weighted by Gasteiger charge is 2.15. The summed E-state index contributed by atoms with van der Waals surface area (Å²) < 4.78 is 7.46. The molecule has 2 rings (SSSR count). The average Bonchev–Trinajstić information content (AvgIpc) is 2.65. The summed E-state index contributed by atoms with van der Waals surface area (Å²) >= 11 is 1.31. The van der Waals surface area contributed by atoms with Crippen molar-refractivity contribution in [2.24, 2.45) is 7.05 Å². The van der Waals surface area contributed by atoms with Crippen molar-refractivity contribution in [3.63, 3.8) is 0 Å². The molecule has 1 unspecified atom stereocenters. The second-order valence-corrected chi connectivity index (χ2v) is 6.29. The molecule has 0 spiro atoms. The van der Waals surface area contributed by atoms with Crippen molar-refractivity contribution in [2.45, 2.75) is 37.0 Å². The zero-order valence-corrected chi connectivity index (χ0v) is 12.8. The molecule has 1 atom stereocenters. The molecule has 6 heteroatoms. The number of rotatable bonds is 5. The third kappa shape index (κ3) is 3.07. The molecule has 1 aromatic heterocycles. The van der Waals surface area contributed by atoms with E-state index >= 15 is 0 Å². The van der Waals surface area contributed by atoms with Gasteiger partial charge in [0.2, 0.25) is 5.88 Å². The van der Waals surface area contributed by atoms with Gasteiger partial charge in [-0.15, -0.1) is 16.9 Å². The molecule has 20 heavy (non-hydrogen) atoms. The third-order valence-electron chi connectivity index (χ3n) is 2.80. The topological polar surface area (TPSA) is 64.4 Å². The molecule has 1 heterocycles. The van der Waals surface area contributed by atoms with Gasteiger partial charge < -0.3 is 9.84 Å². The molecule has 1 N–H and O–H groups in total. The minimum atomic E-state index is -0.820. The second-order valence-electron chi connectivity index (χ2n) is 4.87. The maximum Gasteiger partial charge on any atom is 0.316 e. The summed E-state index contributed by atoms with van der Waals surface area (Å²) in [4.78, 5) is 11.8. The Morgan fingerprint density at radius 3 is 2.70 bits per heavy atom. The van der Waals surface area contributed by atoms with Gasteiger partial charge in [0.1, 0.15) is 5.25 Å². The van der Waals surface area contributed by atoms with Gasteiger partial charge >= 0.3 is 5.97 Å². The van der Waals surface area contributed by atoms with E-state index in [9.17, 15) is 4.79 Å². The standard InChI is InChI=1S/C14H18N2O3S/c1-8(2)19-13-11-7-10(20-9(3)14(17)18)5-6-12(11)16(4)15-13/h5-9H,1-4H3,(H,17,18). The highest BCUT2D eigenvalue weighted by atomic mass is 32.2. The lowest BCUT2D eigenvalue weighted by molar-refractivity contribution is -0.136. The Labute approximate surface area is 121 Å². The predicted octanol–water partition coefficient (Wildman–Crippen LogP) is 2.93. The Morgan fingerprint density at radius 2 is 2.10 bits per heavy atom. The van der Waals surface area contributed by atoms with Gasteiger partial charge in [0, 0.05) is 11.9 Å². The van der Waals surface area contributed by atoms with E-state index in [2.05, 4.69) is 5.10 Å². The number of aliphatic carboxylic acids is 1. The first-order chi connectivity index (χ1) is 9.38. The first-order valence-corrected chi connectivity index (χ1v) is 7.29. The Bertz CT molecular complexity index is 637. The van der Waals surface area contributed by atoms with Crippen LogP contribution in [-0.2, 0) is 11.8 Å². The number of ether oxygens (including phenoxy) is 1. The molecular weight excluding hydrogens is 276 g/mol. The number of hydrogen-bond acceptors (Lipinski definition) is 4. The first kappa shape index (κ1) is 14.7. The van der Waals surface area contributed by atoms with Gasteiger partial charge in [0.15, 0.2) is 0 Å². The summed E-state index contributed by atoms with van der Waals surface area (Å²) in [6, 6.07) is 5.78. The Morgan fingerprint density at radius 1 is 1.40 bits per heavy atom. The molecule has 0 aliphatic carbocycles. The molecule has 1 aromatic carbocycles. The number of aryl methyl sites for hydroxylation is 1. The van der Waals surface area contributed by atoms with Crippen LogP contribution in [0.4, 0.5) is 0 Å². The number of carboxylic acid groups (broad SMARTS) is 1. The number of thioether (sulfide) groups is 1. The Hall–Kier alpha value is -1.69. The molecule has 0 saturated carbocycles. The van der Waals surface area contributed by atoms with E-state index in [4.69, 9.17) is 9.84 Å². The minimum absolute atomic E-state index is 0.0438. The maximum atomic E-state index is 10.9. The van der Waals surface area contributed by atoms with Crippen LogP contribution in [0.1, 0.15) is 20.8 Å². The van der Waals surface area contributed by atoms with Crippen LogP contribution < -0.4 is 4.74 Å². The van der Waals surface area contributed by atoms with Crippen molar-refractivity contribution in [2.75, 3.05) is 0 Å². The molecule has 0 radical (unpaired) electrons. The van der Waals surface area contributed by atoms with Crippen molar-refractivity contribution in [1.82, 2.24) is 9.78 Å². The van der Waals surface area contributed by atoms with Crippen molar-refractivity contribution in [3.05, 3.63) is 18.2 Å². The molecule has 0 bridgehead atoms. The van der Waals surface area contributed by atoms with Crippen LogP contribution in [0.25, 0.3) is 10.9 Å². The molecule has 0 aliphatic heterocycles. The highest BCUT2D eigenvalue weighted by Crippen LogP contribution is 2.31. The fourth-order valence-electron chi connectivity index (χ4n) is 1.85. The van der Waals surface area contributed by atoms with Gasteiger partial charge in [-0.1, -0.05) is 0 Å². The van der Waals surface area contributed by atoms with Crippen LogP contribution >= 0.6 is 11.8 Å². The monoisotopic (exact) mass is 294 g/mol. The normalized spacial score (nSPS) is 12.8. The molecule has 0 saturated heterocycles. The van der Waals surface area contributed by atoms with Gasteiger partial charge in [0.25, 0.3) is 0 Å². The predicted molar refractivity (Wildman–Crippen MR) is 79.4 cm³/mol. The largest absolute Gasteiger partial charge is 0.480 e. The molecule has 108 valence electrons. The van der Waals surface area contributed by atoms with Crippen LogP contribution in [-0.4, -0.2) is 32.2 Å². The summed E-state index contributed by atoms with van der Waals surface area (Å²) in [6.45, 7) is 5.57. The fraction of sp³-hybridized carbons (Fsp3) is 0.429. The van der Waals surface area contributed by atoms with E-state index < -0.39 is 11.2 Å². The molecule has 0 aliphatic rings. The number of benzene rings is 1. The smallest absolute Gasteiger partial charge is 0.316 e. The van der Waals surface area contributed by atoms with E-state index in [1.54, 1.807) is 11.6 Å². The fourth-order valence-corrected chi connectivity index (χ4v) is 2.69. The van der Waals surface area contributed by atoms with Crippen molar-refractivity contribution < 1.29 is 14.6 Å². The lowest BCUT2D eigenvalue weighted by Gasteiger charge is -2.08. The Balaban J connectivity index is 2.38. The summed E-state index contributed by atoms with van der Waals surface area (Å²) in [5.41, 5.74) is 0.966. The number of fused-ring (bicyclic) bond motifs is 1. The third-order valence-corrected chi connectivity index (χ3v) is 3.88. The zero-order valence-electron chi connectivity index (χ0n) is 12.0. The lowest BCUT2D eigenvalue weighted by Crippen LogP contribution is -2.10. The van der Waals surface area contributed by atoms with E-state index in [0.717, 1.165) is 15.8 Å². The van der Waals surface area contributed by atoms with Crippen molar-refractivity contribution in [1.29, 1.82) is 0 Å². The molecule has 2 aromatic rings. The first-order valence-electron chi connectivity index (χ1n) is 6.41. The number of carbonyl (C=O) groups is 1. The van der Waals surface area contributed by atoms with E-state index in [0.29, 0.717) is 5.88 Å². The average molecular weight is 294 g/mol. The summed E-state index contributed by atoms with van der Waals surface area (Å²) in [5.74, 6) is -0.233. The van der Waals surface area contributed by atoms with Crippen LogP contribution in [0.2, 0.25) is 0 Å². The quantitative estimate of drug-likeness (QED) is 0.859. The SMILES string of the molecule is CC(C)Oc1nn(C)c2ccc(SC(C)C(=O)O)cc12. The van der Waals surface area contributed by atoms with Crippen LogP contribution in [0.15, 0.2) is 23.1 Å². The van der Waals surface area contributed by atoms with E-state index in [1.807, 2.05) is 39.1 Å². The van der Waals surface area contributed by atoms with Gasteiger partial charge in [-0.05, 0) is 39.0 Å². The van der Waals surface area contributed by atoms with Gasteiger partial charge in [-0.2, -0.15) is 0 Å². The highest BCUT2D eigenvalue weighted by molar-refractivity contribution is 8.00. The zero-order chi connectivity index (χ0) is 14.9. The summed E-state index contributed by atoms with van der Waals surface area (Å²) in [6.07, 6.45) is 0.0438. The lowest BCUT2D eigenvalue weighted by atomic mass is 10.2. The summed E-state index contributed by atoms with van der Waals surface area (Å²) in [7, 11) is 1.86. The molecular formula is C14H18N2O3S. The minimum Gasteiger partial charge on any atom is -0.480 e. The maximum absolute atomic E-state index is 10.9. The second kappa shape index (κ2) is 5.75. The van der Waals surface area contributed by atoms with E-state index in [1.165, 1.54) is 11.8 Å². The summed E-state index contributed by atoms with van der Waals surface area (Å²) in [5, 5.41) is 13.7. The van der Waals surface area contributed by atoms with Gasteiger partial charge in [-0.3, -0.25) is 9.48 Å². The number of aromatic nitrogens is 2. The van der Waals surface area contributed by atoms with Crippen LogP contribution in [0.5, 0.6) is 5.88 Å². The molecule has 0 amide bonds. The van der Waals surface area contributed by atoms with Crippen LogP contribution in [0, 0.1) is 0 Å². The van der Waals surface area contributed by atoms with Gasteiger partial charge in [0.05, 0.1) is 17.0 Å². The number of hydrogen-bond donors (Lipinski definition) is 1. The van der Waals surface area contributed by atoms with E-state index in [-0.39, 0.29) is 6.10 Å². The molecule has 5 nitrogen and oxygen atoms in total. The van der Waals surface area contributed by atoms with Crippen molar-refractivity contribution >= 4 is 28.6 Å². The number of carboxylic acids is 1. The number of nitrogens with zero attached hydrogens (tertiary/aromatic N) is 2. The Kier molecular flexibility index (Phi) is 4.23. The van der Waals surface area contributed by atoms with Crippen LogP contribution in [0.3, 0.4) is 0 Å².